The zero-order valence-corrected chi connectivity index (χ0v) is 20.7. The zero-order valence-electron chi connectivity index (χ0n) is 19.1. The molecule has 0 spiro atoms. The molecule has 1 atom stereocenters. The predicted octanol–water partition coefficient (Wildman–Crippen LogP) is 4.60. The van der Waals surface area contributed by atoms with E-state index in [0.717, 1.165) is 60.5 Å². The molecule has 5 rings (SSSR count). The van der Waals surface area contributed by atoms with Crippen molar-refractivity contribution in [2.75, 3.05) is 18.8 Å². The Morgan fingerprint density at radius 1 is 1.24 bits per heavy atom. The number of carbonyl (C=O) groups is 2. The number of amides is 1. The molecule has 3 aromatic heterocycles. The molecule has 1 N–H and O–H groups in total. The van der Waals surface area contributed by atoms with Gasteiger partial charge in [-0.15, -0.1) is 21.5 Å². The number of Topliss-reactive ketones (excluding diaryl/α,β-unsaturated/α-hetero) is 1. The molecule has 174 valence electrons. The molecule has 1 aliphatic heterocycles. The van der Waals surface area contributed by atoms with Crippen molar-refractivity contribution in [2.45, 2.75) is 50.6 Å². The lowest BCUT2D eigenvalue weighted by molar-refractivity contribution is 0.0787. The van der Waals surface area contributed by atoms with Gasteiger partial charge in [0.1, 0.15) is 5.69 Å². The van der Waals surface area contributed by atoms with Crippen LogP contribution >= 0.6 is 23.1 Å². The number of rotatable bonds is 7. The van der Waals surface area contributed by atoms with Crippen molar-refractivity contribution in [2.24, 2.45) is 13.0 Å². The molecule has 0 aromatic carbocycles. The van der Waals surface area contributed by atoms with E-state index >= 15 is 0 Å². The summed E-state index contributed by atoms with van der Waals surface area (Å²) in [6.45, 7) is 3.85. The number of likely N-dealkylation sites (tertiary alicyclic amines) is 1. The number of nitrogens with zero attached hydrogens (tertiary/aromatic N) is 4. The van der Waals surface area contributed by atoms with Crippen LogP contribution in [0.4, 0.5) is 0 Å². The van der Waals surface area contributed by atoms with Gasteiger partial charge >= 0.3 is 0 Å². The van der Waals surface area contributed by atoms with Gasteiger partial charge in [-0.25, -0.2) is 0 Å². The first-order valence-electron chi connectivity index (χ1n) is 11.7. The van der Waals surface area contributed by atoms with Gasteiger partial charge in [0.2, 0.25) is 0 Å². The summed E-state index contributed by atoms with van der Waals surface area (Å²) in [5.41, 5.74) is 2.48. The summed E-state index contributed by atoms with van der Waals surface area (Å²) >= 11 is 3.21. The van der Waals surface area contributed by atoms with Gasteiger partial charge in [0.25, 0.3) is 5.91 Å². The number of hydrogen-bond donors (Lipinski definition) is 1. The Bertz CT molecular complexity index is 1170. The molecule has 7 nitrogen and oxygen atoms in total. The SMILES string of the molecule is CCC1CCc2sc(-c3nnc(SCC(=O)c4c[nH]c(C(=O)N5CCCC5)c4)n3C)cc2C1. The second-order valence-electron chi connectivity index (χ2n) is 8.95. The monoisotopic (exact) mass is 483 g/mol. The fraction of sp³-hybridized carbons (Fsp3) is 0.500. The third kappa shape index (κ3) is 4.53. The number of ketones is 1. The molecule has 1 amide bonds. The lowest BCUT2D eigenvalue weighted by atomic mass is 9.87. The number of fused-ring (bicyclic) bond motifs is 1. The van der Waals surface area contributed by atoms with Crippen LogP contribution in [0.15, 0.2) is 23.5 Å². The Balaban J connectivity index is 1.23. The number of aryl methyl sites for hydroxylation is 1. The van der Waals surface area contributed by atoms with E-state index in [1.165, 1.54) is 35.0 Å². The molecular weight excluding hydrogens is 454 g/mol. The number of aromatic nitrogens is 4. The minimum absolute atomic E-state index is 0.0268. The second-order valence-corrected chi connectivity index (χ2v) is 11.0. The lowest BCUT2D eigenvalue weighted by Gasteiger charge is -2.19. The first kappa shape index (κ1) is 22.4. The van der Waals surface area contributed by atoms with Crippen LogP contribution in [0.3, 0.4) is 0 Å². The van der Waals surface area contributed by atoms with Crippen LogP contribution in [0, 0.1) is 5.92 Å². The number of carbonyl (C=O) groups excluding carboxylic acids is 2. The van der Waals surface area contributed by atoms with Crippen molar-refractivity contribution in [3.63, 3.8) is 0 Å². The Morgan fingerprint density at radius 3 is 2.85 bits per heavy atom. The topological polar surface area (TPSA) is 83.9 Å². The molecule has 1 fully saturated rings. The van der Waals surface area contributed by atoms with E-state index in [-0.39, 0.29) is 17.4 Å². The molecule has 0 bridgehead atoms. The third-order valence-corrected chi connectivity index (χ3v) is 9.03. The minimum Gasteiger partial charge on any atom is -0.356 e. The van der Waals surface area contributed by atoms with E-state index in [4.69, 9.17) is 0 Å². The largest absolute Gasteiger partial charge is 0.356 e. The van der Waals surface area contributed by atoms with Crippen LogP contribution < -0.4 is 0 Å². The van der Waals surface area contributed by atoms with E-state index in [2.05, 4.69) is 28.2 Å². The maximum atomic E-state index is 12.7. The van der Waals surface area contributed by atoms with Crippen LogP contribution in [0.25, 0.3) is 10.7 Å². The van der Waals surface area contributed by atoms with Crippen molar-refractivity contribution in [3.8, 4) is 10.7 Å². The first-order valence-corrected chi connectivity index (χ1v) is 13.5. The van der Waals surface area contributed by atoms with E-state index in [9.17, 15) is 9.59 Å². The first-order chi connectivity index (χ1) is 16.0. The van der Waals surface area contributed by atoms with Gasteiger partial charge < -0.3 is 14.5 Å². The Kier molecular flexibility index (Phi) is 6.42. The van der Waals surface area contributed by atoms with Gasteiger partial charge in [-0.2, -0.15) is 0 Å². The molecule has 4 heterocycles. The van der Waals surface area contributed by atoms with Gasteiger partial charge in [-0.1, -0.05) is 25.1 Å². The molecule has 0 saturated carbocycles. The van der Waals surface area contributed by atoms with E-state index in [0.29, 0.717) is 11.3 Å². The smallest absolute Gasteiger partial charge is 0.270 e. The Morgan fingerprint density at radius 2 is 2.06 bits per heavy atom. The minimum atomic E-state index is -0.0292. The van der Waals surface area contributed by atoms with Crippen LogP contribution in [0.5, 0.6) is 0 Å². The molecule has 33 heavy (non-hydrogen) atoms. The molecule has 0 radical (unpaired) electrons. The maximum absolute atomic E-state index is 12.7. The van der Waals surface area contributed by atoms with E-state index < -0.39 is 0 Å². The molecule has 3 aromatic rings. The summed E-state index contributed by atoms with van der Waals surface area (Å²) < 4.78 is 1.98. The number of H-pyrrole nitrogens is 1. The summed E-state index contributed by atoms with van der Waals surface area (Å²) in [4.78, 5) is 32.7. The highest BCUT2D eigenvalue weighted by Crippen LogP contribution is 2.38. The summed E-state index contributed by atoms with van der Waals surface area (Å²) in [6, 6.07) is 3.95. The number of hydrogen-bond acceptors (Lipinski definition) is 6. The van der Waals surface area contributed by atoms with Crippen LogP contribution in [-0.4, -0.2) is 55.2 Å². The standard InChI is InChI=1S/C24H29N5O2S2/c1-3-15-6-7-20-16(10-15)12-21(33-20)22-26-27-24(28(22)2)32-14-19(30)17-11-18(25-13-17)23(31)29-8-4-5-9-29/h11-13,15,25H,3-10,14H2,1-2H3. The zero-order chi connectivity index (χ0) is 22.9. The second kappa shape index (κ2) is 9.46. The maximum Gasteiger partial charge on any atom is 0.270 e. The average molecular weight is 484 g/mol. The van der Waals surface area contributed by atoms with Crippen LogP contribution in [0.1, 0.15) is 63.9 Å². The summed E-state index contributed by atoms with van der Waals surface area (Å²) in [5, 5.41) is 9.49. The molecule has 1 aliphatic carbocycles. The number of thioether (sulfide) groups is 1. The number of thiophene rings is 1. The van der Waals surface area contributed by atoms with Gasteiger partial charge in [-0.3, -0.25) is 9.59 Å². The fourth-order valence-electron chi connectivity index (χ4n) is 4.70. The quantitative estimate of drug-likeness (QED) is 0.392. The normalized spacial score (nSPS) is 18.0. The average Bonchev–Trinajstić information content (AvgIpc) is 3.63. The summed E-state index contributed by atoms with van der Waals surface area (Å²) in [7, 11) is 1.96. The highest BCUT2D eigenvalue weighted by Gasteiger charge is 2.24. The fourth-order valence-corrected chi connectivity index (χ4v) is 6.73. The van der Waals surface area contributed by atoms with E-state index in [1.807, 2.05) is 27.9 Å². The molecule has 1 unspecified atom stereocenters. The van der Waals surface area contributed by atoms with Crippen molar-refractivity contribution in [1.29, 1.82) is 0 Å². The number of nitrogens with one attached hydrogen (secondary N) is 1. The Labute approximate surface area is 202 Å². The van der Waals surface area contributed by atoms with Gasteiger partial charge in [-0.05, 0) is 55.7 Å². The Hall–Kier alpha value is -2.39. The predicted molar refractivity (Wildman–Crippen MR) is 131 cm³/mol. The van der Waals surface area contributed by atoms with E-state index in [1.54, 1.807) is 12.3 Å². The molecule has 2 aliphatic rings. The van der Waals surface area contributed by atoms with Gasteiger partial charge in [0.15, 0.2) is 16.8 Å². The molecule has 9 heteroatoms. The lowest BCUT2D eigenvalue weighted by Crippen LogP contribution is -2.27. The summed E-state index contributed by atoms with van der Waals surface area (Å²) in [6.07, 6.45) is 8.55. The third-order valence-electron chi connectivity index (χ3n) is 6.78. The number of aromatic amines is 1. The highest BCUT2D eigenvalue weighted by molar-refractivity contribution is 7.99. The molecular formula is C24H29N5O2S2. The van der Waals surface area contributed by atoms with Crippen LogP contribution in [-0.2, 0) is 19.9 Å². The summed E-state index contributed by atoms with van der Waals surface area (Å²) in [5.74, 6) is 1.84. The van der Waals surface area contributed by atoms with Crippen molar-refractivity contribution in [3.05, 3.63) is 40.0 Å². The molecule has 1 saturated heterocycles. The van der Waals surface area contributed by atoms with Gasteiger partial charge in [0, 0.05) is 36.8 Å². The van der Waals surface area contributed by atoms with Crippen molar-refractivity contribution >= 4 is 34.8 Å². The highest BCUT2D eigenvalue weighted by atomic mass is 32.2. The van der Waals surface area contributed by atoms with Gasteiger partial charge in [0.05, 0.1) is 10.6 Å². The van der Waals surface area contributed by atoms with Crippen molar-refractivity contribution < 1.29 is 9.59 Å². The van der Waals surface area contributed by atoms with Crippen molar-refractivity contribution in [1.82, 2.24) is 24.6 Å². The van der Waals surface area contributed by atoms with Crippen LogP contribution in [0.2, 0.25) is 0 Å².